The molecule has 1 saturated carbocycles. The van der Waals surface area contributed by atoms with Crippen molar-refractivity contribution in [3.05, 3.63) is 5.82 Å². The second-order valence-electron chi connectivity index (χ2n) is 8.93. The van der Waals surface area contributed by atoms with E-state index in [1.54, 1.807) is 6.26 Å². The third-order valence-electron chi connectivity index (χ3n) is 6.46. The van der Waals surface area contributed by atoms with Gasteiger partial charge in [0.2, 0.25) is 11.7 Å². The minimum Gasteiger partial charge on any atom is -0.465 e. The molecular weight excluding hydrogens is 449 g/mol. The van der Waals surface area contributed by atoms with Gasteiger partial charge in [-0.15, -0.1) is 0 Å². The van der Waals surface area contributed by atoms with Crippen LogP contribution in [0.4, 0.5) is 20.8 Å². The SMILES string of the molecule is CSc1nc(NNC(=O)[C@@H](CNC(=O)O)CC2CCCC2)c(F)c(N2CC[C@@H](N(C)C)C2)n1. The predicted octanol–water partition coefficient (Wildman–Crippen LogP) is 2.39. The first-order valence-electron chi connectivity index (χ1n) is 11.3. The molecule has 0 radical (unpaired) electrons. The van der Waals surface area contributed by atoms with Gasteiger partial charge >= 0.3 is 6.09 Å². The van der Waals surface area contributed by atoms with Crippen LogP contribution in [-0.4, -0.2) is 78.0 Å². The number of hydrogen-bond donors (Lipinski definition) is 4. The molecule has 2 amide bonds. The summed E-state index contributed by atoms with van der Waals surface area (Å²) < 4.78 is 15.3. The van der Waals surface area contributed by atoms with Crippen LogP contribution in [0.3, 0.4) is 0 Å². The maximum Gasteiger partial charge on any atom is 0.404 e. The zero-order valence-corrected chi connectivity index (χ0v) is 20.3. The summed E-state index contributed by atoms with van der Waals surface area (Å²) in [5.41, 5.74) is 5.17. The van der Waals surface area contributed by atoms with Crippen LogP contribution in [-0.2, 0) is 4.79 Å². The summed E-state index contributed by atoms with van der Waals surface area (Å²) in [6, 6.07) is 0.311. The van der Waals surface area contributed by atoms with E-state index in [9.17, 15) is 9.59 Å². The third kappa shape index (κ3) is 6.83. The lowest BCUT2D eigenvalue weighted by molar-refractivity contribution is -0.124. The van der Waals surface area contributed by atoms with E-state index in [1.807, 2.05) is 19.0 Å². The van der Waals surface area contributed by atoms with Gasteiger partial charge in [-0.05, 0) is 39.1 Å². The second kappa shape index (κ2) is 11.7. The van der Waals surface area contributed by atoms with Gasteiger partial charge in [0.1, 0.15) is 0 Å². The predicted molar refractivity (Wildman–Crippen MR) is 126 cm³/mol. The van der Waals surface area contributed by atoms with Crippen molar-refractivity contribution < 1.29 is 19.1 Å². The van der Waals surface area contributed by atoms with Crippen LogP contribution in [0.5, 0.6) is 0 Å². The highest BCUT2D eigenvalue weighted by molar-refractivity contribution is 7.98. The van der Waals surface area contributed by atoms with Crippen LogP contribution in [0.1, 0.15) is 38.5 Å². The molecule has 1 aliphatic carbocycles. The number of likely N-dealkylation sites (N-methyl/N-ethyl adjacent to an activating group) is 1. The monoisotopic (exact) mass is 483 g/mol. The van der Waals surface area contributed by atoms with E-state index in [1.165, 1.54) is 11.8 Å². The number of hydrazine groups is 1. The molecule has 1 aromatic rings. The van der Waals surface area contributed by atoms with Crippen LogP contribution < -0.4 is 21.1 Å². The lowest BCUT2D eigenvalue weighted by atomic mass is 9.92. The van der Waals surface area contributed by atoms with Gasteiger partial charge in [-0.25, -0.2) is 14.8 Å². The van der Waals surface area contributed by atoms with Gasteiger partial charge in [-0.3, -0.25) is 15.6 Å². The van der Waals surface area contributed by atoms with Gasteiger partial charge in [0.05, 0.1) is 5.92 Å². The molecule has 0 spiro atoms. The van der Waals surface area contributed by atoms with Crippen LogP contribution >= 0.6 is 11.8 Å². The van der Waals surface area contributed by atoms with Gasteiger partial charge in [0.25, 0.3) is 0 Å². The van der Waals surface area contributed by atoms with Crippen LogP contribution in [0.2, 0.25) is 0 Å². The Hall–Kier alpha value is -2.34. The summed E-state index contributed by atoms with van der Waals surface area (Å²) in [6.07, 6.45) is 6.45. The number of thioether (sulfide) groups is 1. The van der Waals surface area contributed by atoms with Crippen molar-refractivity contribution in [1.29, 1.82) is 0 Å². The lowest BCUT2D eigenvalue weighted by Crippen LogP contribution is -2.42. The van der Waals surface area contributed by atoms with Crippen LogP contribution in [0.25, 0.3) is 0 Å². The summed E-state index contributed by atoms with van der Waals surface area (Å²) in [4.78, 5) is 36.4. The summed E-state index contributed by atoms with van der Waals surface area (Å²) in [5.74, 6) is -1.07. The molecule has 1 aliphatic heterocycles. The van der Waals surface area contributed by atoms with Crippen molar-refractivity contribution in [2.45, 2.75) is 49.7 Å². The average Bonchev–Trinajstić information content (AvgIpc) is 3.48. The van der Waals surface area contributed by atoms with Crippen LogP contribution in [0.15, 0.2) is 5.16 Å². The van der Waals surface area contributed by atoms with E-state index in [2.05, 4.69) is 31.0 Å². The van der Waals surface area contributed by atoms with Crippen molar-refractivity contribution in [3.8, 4) is 0 Å². The fraction of sp³-hybridized carbons (Fsp3) is 0.714. The minimum atomic E-state index is -1.18. The van der Waals surface area contributed by atoms with Gasteiger partial charge in [-0.2, -0.15) is 4.39 Å². The van der Waals surface area contributed by atoms with Crippen molar-refractivity contribution in [2.24, 2.45) is 11.8 Å². The fourth-order valence-corrected chi connectivity index (χ4v) is 4.88. The smallest absolute Gasteiger partial charge is 0.404 e. The van der Waals surface area contributed by atoms with Gasteiger partial charge in [-0.1, -0.05) is 37.4 Å². The topological polar surface area (TPSA) is 123 Å². The van der Waals surface area contributed by atoms with Gasteiger partial charge in [0, 0.05) is 25.7 Å². The Morgan fingerprint density at radius 3 is 2.61 bits per heavy atom. The number of halogens is 1. The molecule has 0 bridgehead atoms. The molecule has 1 aromatic heterocycles. The maximum atomic E-state index is 15.3. The highest BCUT2D eigenvalue weighted by Gasteiger charge is 2.30. The van der Waals surface area contributed by atoms with Crippen molar-refractivity contribution >= 4 is 35.4 Å². The Morgan fingerprint density at radius 2 is 2.00 bits per heavy atom. The number of anilines is 2. The van der Waals surface area contributed by atoms with E-state index < -0.39 is 23.7 Å². The van der Waals surface area contributed by atoms with Crippen molar-refractivity contribution in [2.75, 3.05) is 50.3 Å². The number of carbonyl (C=O) groups is 2. The standard InChI is InChI=1S/C21H34FN7O3S/c1-28(2)15-8-9-29(12-15)18-16(22)17(24-20(25-18)33-3)26-27-19(30)14(11-23-21(31)32)10-13-6-4-5-7-13/h13-15,23H,4-12H2,1-3H3,(H,27,30)(H,31,32)(H,24,25,26)/t14-,15-/m1/s1. The van der Waals surface area contributed by atoms with Crippen molar-refractivity contribution in [3.63, 3.8) is 0 Å². The highest BCUT2D eigenvalue weighted by Crippen LogP contribution is 2.31. The molecule has 10 nitrogen and oxygen atoms in total. The molecule has 184 valence electrons. The molecule has 2 atom stereocenters. The Labute approximate surface area is 198 Å². The Balaban J connectivity index is 1.70. The van der Waals surface area contributed by atoms with E-state index in [0.29, 0.717) is 36.6 Å². The zero-order chi connectivity index (χ0) is 24.0. The number of rotatable bonds is 10. The van der Waals surface area contributed by atoms with E-state index >= 15 is 4.39 Å². The summed E-state index contributed by atoms with van der Waals surface area (Å²) >= 11 is 1.29. The summed E-state index contributed by atoms with van der Waals surface area (Å²) in [5, 5.41) is 11.7. The molecule has 3 rings (SSSR count). The molecule has 0 unspecified atom stereocenters. The quantitative estimate of drug-likeness (QED) is 0.226. The van der Waals surface area contributed by atoms with E-state index in [4.69, 9.17) is 5.11 Å². The number of hydrogen-bond acceptors (Lipinski definition) is 8. The lowest BCUT2D eigenvalue weighted by Gasteiger charge is -2.23. The minimum absolute atomic E-state index is 0.00656. The largest absolute Gasteiger partial charge is 0.465 e. The average molecular weight is 484 g/mol. The van der Waals surface area contributed by atoms with Gasteiger partial charge in [0.15, 0.2) is 16.8 Å². The first-order chi connectivity index (χ1) is 15.8. The molecule has 2 aliphatic rings. The number of nitrogens with zero attached hydrogens (tertiary/aromatic N) is 4. The number of carboxylic acid groups (broad SMARTS) is 1. The Bertz CT molecular complexity index is 838. The summed E-state index contributed by atoms with van der Waals surface area (Å²) in [6.45, 7) is 1.35. The second-order valence-corrected chi connectivity index (χ2v) is 9.71. The van der Waals surface area contributed by atoms with Gasteiger partial charge < -0.3 is 20.2 Å². The normalized spacial score (nSPS) is 19.7. The first kappa shape index (κ1) is 25.3. The van der Waals surface area contributed by atoms with E-state index in [0.717, 1.165) is 32.1 Å². The molecule has 33 heavy (non-hydrogen) atoms. The first-order valence-corrected chi connectivity index (χ1v) is 12.6. The summed E-state index contributed by atoms with van der Waals surface area (Å²) in [7, 11) is 4.00. The third-order valence-corrected chi connectivity index (χ3v) is 7.00. The maximum absolute atomic E-state index is 15.3. The molecule has 4 N–H and O–H groups in total. The number of carbonyl (C=O) groups excluding carboxylic acids is 1. The van der Waals surface area contributed by atoms with Crippen molar-refractivity contribution in [1.82, 2.24) is 25.6 Å². The number of nitrogens with one attached hydrogen (secondary N) is 3. The van der Waals surface area contributed by atoms with Crippen LogP contribution in [0, 0.1) is 17.7 Å². The number of aromatic nitrogens is 2. The molecule has 2 heterocycles. The number of amides is 2. The molecule has 1 saturated heterocycles. The zero-order valence-electron chi connectivity index (χ0n) is 19.4. The van der Waals surface area contributed by atoms with E-state index in [-0.39, 0.29) is 18.2 Å². The Kier molecular flexibility index (Phi) is 8.95. The highest BCUT2D eigenvalue weighted by atomic mass is 32.2. The molecule has 12 heteroatoms. The molecular formula is C21H34FN7O3S. The molecule has 0 aromatic carbocycles. The Morgan fingerprint density at radius 1 is 1.27 bits per heavy atom. The fourth-order valence-electron chi connectivity index (χ4n) is 4.52. The molecule has 2 fully saturated rings.